The van der Waals surface area contributed by atoms with Crippen LogP contribution < -0.4 is 4.90 Å². The van der Waals surface area contributed by atoms with Crippen LogP contribution in [0.25, 0.3) is 0 Å². The van der Waals surface area contributed by atoms with Crippen LogP contribution in [-0.2, 0) is 4.79 Å². The summed E-state index contributed by atoms with van der Waals surface area (Å²) in [7, 11) is 0. The van der Waals surface area contributed by atoms with Crippen LogP contribution in [0.3, 0.4) is 0 Å². The third-order valence-electron chi connectivity index (χ3n) is 3.29. The molecule has 1 saturated heterocycles. The first-order valence-corrected chi connectivity index (χ1v) is 5.59. The molecule has 1 aliphatic heterocycles. The van der Waals surface area contributed by atoms with Gasteiger partial charge in [-0.3, -0.25) is 4.79 Å². The molecule has 2 unspecified atom stereocenters. The van der Waals surface area contributed by atoms with Crippen LogP contribution in [0.2, 0.25) is 0 Å². The maximum Gasteiger partial charge on any atom is 0.308 e. The third-order valence-corrected chi connectivity index (χ3v) is 3.29. The topological polar surface area (TPSA) is 64.3 Å². The van der Waals surface area contributed by atoms with Crippen molar-refractivity contribution in [2.24, 2.45) is 11.8 Å². The Balaban J connectivity index is 2.14. The molecule has 2 rings (SSSR count). The van der Waals surface area contributed by atoms with Crippen LogP contribution in [0.5, 0.6) is 0 Å². The Morgan fingerprint density at radius 2 is 2.06 bits per heavy atom. The Hall–Kier alpha value is -2.02. The summed E-state index contributed by atoms with van der Waals surface area (Å²) in [4.78, 5) is 13.1. The zero-order valence-electron chi connectivity index (χ0n) is 9.63. The van der Waals surface area contributed by atoms with Gasteiger partial charge in [0.2, 0.25) is 0 Å². The quantitative estimate of drug-likeness (QED) is 0.840. The normalized spacial score (nSPS) is 23.4. The largest absolute Gasteiger partial charge is 0.481 e. The molecule has 1 fully saturated rings. The van der Waals surface area contributed by atoms with Crippen LogP contribution in [0, 0.1) is 23.2 Å². The highest BCUT2D eigenvalue weighted by Crippen LogP contribution is 2.28. The summed E-state index contributed by atoms with van der Waals surface area (Å²) in [6, 6.07) is 9.33. The van der Waals surface area contributed by atoms with E-state index in [0.717, 1.165) is 12.2 Å². The number of carbonyl (C=O) groups is 1. The smallest absolute Gasteiger partial charge is 0.308 e. The lowest BCUT2D eigenvalue weighted by Gasteiger charge is -2.17. The Bertz CT molecular complexity index is 461. The molecule has 88 valence electrons. The van der Waals surface area contributed by atoms with Crippen molar-refractivity contribution in [1.82, 2.24) is 0 Å². The van der Waals surface area contributed by atoms with Crippen molar-refractivity contribution in [1.29, 1.82) is 5.26 Å². The minimum atomic E-state index is -0.728. The first kappa shape index (κ1) is 11.5. The summed E-state index contributed by atoms with van der Waals surface area (Å²) in [5.41, 5.74) is 1.61. The predicted octanol–water partition coefficient (Wildman–Crippen LogP) is 1.72. The SMILES string of the molecule is CC1CN(c2ccc(C#N)cc2)CC1C(=O)O. The molecule has 1 N–H and O–H groups in total. The Kier molecular flexibility index (Phi) is 3.01. The lowest BCUT2D eigenvalue weighted by Crippen LogP contribution is -2.22. The molecule has 1 aromatic carbocycles. The van der Waals surface area contributed by atoms with Crippen LogP contribution in [0.4, 0.5) is 5.69 Å². The molecule has 0 radical (unpaired) electrons. The molecular weight excluding hydrogens is 216 g/mol. The van der Waals surface area contributed by atoms with Gasteiger partial charge >= 0.3 is 5.97 Å². The molecule has 17 heavy (non-hydrogen) atoms. The Morgan fingerprint density at radius 3 is 2.53 bits per heavy atom. The second-order valence-electron chi connectivity index (χ2n) is 4.49. The van der Waals surface area contributed by atoms with Crippen molar-refractivity contribution in [3.63, 3.8) is 0 Å². The molecule has 1 aromatic rings. The van der Waals surface area contributed by atoms with Gasteiger partial charge < -0.3 is 10.0 Å². The number of nitrogens with zero attached hydrogens (tertiary/aromatic N) is 2. The van der Waals surface area contributed by atoms with E-state index < -0.39 is 5.97 Å². The number of carboxylic acid groups (broad SMARTS) is 1. The maximum atomic E-state index is 11.0. The maximum absolute atomic E-state index is 11.0. The first-order chi connectivity index (χ1) is 8.11. The highest BCUT2D eigenvalue weighted by Gasteiger charge is 2.34. The zero-order valence-corrected chi connectivity index (χ0v) is 9.63. The molecule has 0 aromatic heterocycles. The van der Waals surface area contributed by atoms with E-state index in [1.807, 2.05) is 19.1 Å². The van der Waals surface area contributed by atoms with Crippen molar-refractivity contribution in [2.75, 3.05) is 18.0 Å². The number of hydrogen-bond donors (Lipinski definition) is 1. The fraction of sp³-hybridized carbons (Fsp3) is 0.385. The second kappa shape index (κ2) is 4.46. The van der Waals surface area contributed by atoms with Crippen molar-refractivity contribution < 1.29 is 9.90 Å². The minimum absolute atomic E-state index is 0.156. The molecule has 0 bridgehead atoms. The van der Waals surface area contributed by atoms with Crippen molar-refractivity contribution in [3.8, 4) is 6.07 Å². The standard InChI is InChI=1S/C13H14N2O2/c1-9-7-15(8-12(9)13(16)17)11-4-2-10(6-14)3-5-11/h2-5,9,12H,7-8H2,1H3,(H,16,17). The molecule has 4 heteroatoms. The van der Waals surface area contributed by atoms with Crippen molar-refractivity contribution in [2.45, 2.75) is 6.92 Å². The van der Waals surface area contributed by atoms with E-state index in [9.17, 15) is 4.79 Å². The summed E-state index contributed by atoms with van der Waals surface area (Å²) in [5.74, 6) is -0.873. The first-order valence-electron chi connectivity index (χ1n) is 5.59. The van der Waals surface area contributed by atoms with Gasteiger partial charge in [0.05, 0.1) is 17.6 Å². The van der Waals surface area contributed by atoms with Crippen LogP contribution in [0.15, 0.2) is 24.3 Å². The summed E-state index contributed by atoms with van der Waals surface area (Å²) in [6.07, 6.45) is 0. The molecule has 4 nitrogen and oxygen atoms in total. The molecule has 0 aliphatic carbocycles. The van der Waals surface area contributed by atoms with E-state index in [-0.39, 0.29) is 11.8 Å². The summed E-state index contributed by atoms with van der Waals surface area (Å²) >= 11 is 0. The van der Waals surface area contributed by atoms with Crippen LogP contribution in [0.1, 0.15) is 12.5 Å². The van der Waals surface area contributed by atoms with Gasteiger partial charge in [0.25, 0.3) is 0 Å². The van der Waals surface area contributed by atoms with Gasteiger partial charge in [0.15, 0.2) is 0 Å². The summed E-state index contributed by atoms with van der Waals surface area (Å²) in [6.45, 7) is 3.26. The third kappa shape index (κ3) is 2.23. The van der Waals surface area contributed by atoms with Crippen molar-refractivity contribution >= 4 is 11.7 Å². The number of aliphatic carboxylic acids is 1. The molecule has 1 heterocycles. The highest BCUT2D eigenvalue weighted by molar-refractivity contribution is 5.72. The van der Waals surface area contributed by atoms with Gasteiger partial charge in [0, 0.05) is 18.8 Å². The van der Waals surface area contributed by atoms with Crippen molar-refractivity contribution in [3.05, 3.63) is 29.8 Å². The zero-order chi connectivity index (χ0) is 12.4. The number of benzene rings is 1. The van der Waals surface area contributed by atoms with Gasteiger partial charge in [-0.2, -0.15) is 5.26 Å². The highest BCUT2D eigenvalue weighted by atomic mass is 16.4. The van der Waals surface area contributed by atoms with Gasteiger partial charge in [-0.05, 0) is 30.2 Å². The fourth-order valence-corrected chi connectivity index (χ4v) is 2.25. The summed E-state index contributed by atoms with van der Waals surface area (Å²) < 4.78 is 0. The Labute approximate surface area is 100 Å². The number of hydrogen-bond acceptors (Lipinski definition) is 3. The lowest BCUT2D eigenvalue weighted by atomic mass is 9.99. The van der Waals surface area contributed by atoms with Gasteiger partial charge in [-0.15, -0.1) is 0 Å². The van der Waals surface area contributed by atoms with Gasteiger partial charge in [0.1, 0.15) is 0 Å². The number of carboxylic acids is 1. The van der Waals surface area contributed by atoms with Gasteiger partial charge in [-0.25, -0.2) is 0 Å². The van der Waals surface area contributed by atoms with E-state index >= 15 is 0 Å². The van der Waals surface area contributed by atoms with Crippen LogP contribution >= 0.6 is 0 Å². The van der Waals surface area contributed by atoms with E-state index in [1.54, 1.807) is 12.1 Å². The van der Waals surface area contributed by atoms with E-state index in [1.165, 1.54) is 0 Å². The molecule has 2 atom stereocenters. The monoisotopic (exact) mass is 230 g/mol. The second-order valence-corrected chi connectivity index (χ2v) is 4.49. The van der Waals surface area contributed by atoms with Gasteiger partial charge in [-0.1, -0.05) is 6.92 Å². The van der Waals surface area contributed by atoms with E-state index in [2.05, 4.69) is 11.0 Å². The van der Waals surface area contributed by atoms with Crippen LogP contribution in [-0.4, -0.2) is 24.2 Å². The average Bonchev–Trinajstić information content (AvgIpc) is 2.71. The Morgan fingerprint density at radius 1 is 1.41 bits per heavy atom. The fourth-order valence-electron chi connectivity index (χ4n) is 2.25. The lowest BCUT2D eigenvalue weighted by molar-refractivity contribution is -0.142. The van der Waals surface area contributed by atoms with E-state index in [0.29, 0.717) is 12.1 Å². The molecule has 0 amide bonds. The van der Waals surface area contributed by atoms with E-state index in [4.69, 9.17) is 10.4 Å². The minimum Gasteiger partial charge on any atom is -0.481 e. The summed E-state index contributed by atoms with van der Waals surface area (Å²) in [5, 5.41) is 17.8. The number of nitriles is 1. The predicted molar refractivity (Wildman–Crippen MR) is 63.7 cm³/mol. The number of anilines is 1. The molecule has 0 saturated carbocycles. The average molecular weight is 230 g/mol. The number of rotatable bonds is 2. The molecular formula is C13H14N2O2. The molecule has 1 aliphatic rings. The molecule has 0 spiro atoms.